The standard InChI is InChI=1S/C17H21N5O4/c1-16(2,3)12-10(18-4)13(22-20-12)21-19-11-14(23)25-17(26-15(11)24)8-6-5-7-9-17/h23H,5-9H2,1-3H3,(H,20,22)/b21-19+. The molecule has 1 aromatic rings. The fourth-order valence-corrected chi connectivity index (χ4v) is 3.05. The molecule has 1 aliphatic heterocycles. The van der Waals surface area contributed by atoms with Crippen molar-refractivity contribution in [3.05, 3.63) is 28.8 Å². The quantitative estimate of drug-likeness (QED) is 0.464. The molecule has 0 atom stereocenters. The molecule has 0 unspecified atom stereocenters. The number of rotatable bonds is 2. The summed E-state index contributed by atoms with van der Waals surface area (Å²) in [6, 6.07) is 0. The Hall–Kier alpha value is -2.89. The number of azo groups is 1. The Kier molecular flexibility index (Phi) is 4.44. The van der Waals surface area contributed by atoms with Gasteiger partial charge in [-0.3, -0.25) is 5.10 Å². The fourth-order valence-electron chi connectivity index (χ4n) is 3.05. The molecule has 1 aliphatic carbocycles. The second kappa shape index (κ2) is 6.44. The zero-order valence-electron chi connectivity index (χ0n) is 15.0. The number of nitrogens with zero attached hydrogens (tertiary/aromatic N) is 4. The van der Waals surface area contributed by atoms with E-state index in [2.05, 4.69) is 25.3 Å². The van der Waals surface area contributed by atoms with Crippen LogP contribution >= 0.6 is 0 Å². The van der Waals surface area contributed by atoms with Crippen LogP contribution in [0.1, 0.15) is 58.6 Å². The third-order valence-corrected chi connectivity index (χ3v) is 4.37. The van der Waals surface area contributed by atoms with Gasteiger partial charge in [0.15, 0.2) is 5.82 Å². The van der Waals surface area contributed by atoms with E-state index in [1.165, 1.54) is 0 Å². The lowest BCUT2D eigenvalue weighted by Gasteiger charge is -2.38. The van der Waals surface area contributed by atoms with Gasteiger partial charge in [-0.25, -0.2) is 9.64 Å². The summed E-state index contributed by atoms with van der Waals surface area (Å²) in [4.78, 5) is 15.7. The van der Waals surface area contributed by atoms with Gasteiger partial charge < -0.3 is 14.6 Å². The van der Waals surface area contributed by atoms with E-state index in [1.54, 1.807) is 0 Å². The lowest BCUT2D eigenvalue weighted by molar-refractivity contribution is -0.249. The van der Waals surface area contributed by atoms with Crippen LogP contribution in [0.4, 0.5) is 11.5 Å². The third kappa shape index (κ3) is 3.27. The van der Waals surface area contributed by atoms with Crippen molar-refractivity contribution in [2.45, 2.75) is 64.1 Å². The highest BCUT2D eigenvalue weighted by Gasteiger charge is 2.45. The van der Waals surface area contributed by atoms with Gasteiger partial charge in [0, 0.05) is 12.8 Å². The van der Waals surface area contributed by atoms with Gasteiger partial charge in [0.2, 0.25) is 0 Å². The first-order chi connectivity index (χ1) is 12.3. The molecule has 2 N–H and O–H groups in total. The summed E-state index contributed by atoms with van der Waals surface area (Å²) < 4.78 is 10.8. The molecule has 26 heavy (non-hydrogen) atoms. The van der Waals surface area contributed by atoms with Crippen molar-refractivity contribution < 1.29 is 19.4 Å². The Bertz CT molecular complexity index is 819. The van der Waals surface area contributed by atoms with Gasteiger partial charge in [-0.15, -0.1) is 10.2 Å². The maximum Gasteiger partial charge on any atom is 0.369 e. The second-order valence-corrected chi connectivity index (χ2v) is 7.45. The van der Waals surface area contributed by atoms with Gasteiger partial charge in [0.25, 0.3) is 17.2 Å². The molecule has 1 spiro atoms. The van der Waals surface area contributed by atoms with Crippen LogP contribution in [0.3, 0.4) is 0 Å². The minimum atomic E-state index is -1.10. The minimum absolute atomic E-state index is 0.107. The molecular formula is C17H21N5O4. The summed E-state index contributed by atoms with van der Waals surface area (Å²) in [5.41, 5.74) is -0.0197. The first-order valence-corrected chi connectivity index (χ1v) is 8.49. The fraction of sp³-hybridized carbons (Fsp3) is 0.588. The number of H-pyrrole nitrogens is 1. The summed E-state index contributed by atoms with van der Waals surface area (Å²) in [5.74, 6) is -2.39. The predicted octanol–water partition coefficient (Wildman–Crippen LogP) is 4.30. The number of hydrogen-bond donors (Lipinski definition) is 2. The zero-order valence-corrected chi connectivity index (χ0v) is 15.0. The number of carbonyl (C=O) groups is 1. The van der Waals surface area contributed by atoms with E-state index in [0.717, 1.165) is 19.3 Å². The van der Waals surface area contributed by atoms with E-state index >= 15 is 0 Å². The van der Waals surface area contributed by atoms with Gasteiger partial charge in [-0.1, -0.05) is 27.2 Å². The molecule has 0 saturated heterocycles. The summed E-state index contributed by atoms with van der Waals surface area (Å²) in [6.45, 7) is 13.1. The van der Waals surface area contributed by atoms with Gasteiger partial charge in [-0.05, 0) is 18.3 Å². The van der Waals surface area contributed by atoms with Crippen LogP contribution in [0.25, 0.3) is 4.85 Å². The molecule has 1 saturated carbocycles. The summed E-state index contributed by atoms with van der Waals surface area (Å²) in [5, 5.41) is 24.5. The van der Waals surface area contributed by atoms with Gasteiger partial charge in [0.1, 0.15) is 0 Å². The number of aromatic nitrogens is 2. The van der Waals surface area contributed by atoms with Gasteiger partial charge >= 0.3 is 11.9 Å². The summed E-state index contributed by atoms with van der Waals surface area (Å²) >= 11 is 0. The largest absolute Gasteiger partial charge is 0.479 e. The monoisotopic (exact) mass is 359 g/mol. The van der Waals surface area contributed by atoms with Crippen molar-refractivity contribution >= 4 is 17.5 Å². The molecule has 0 radical (unpaired) electrons. The van der Waals surface area contributed by atoms with Gasteiger partial charge in [-0.2, -0.15) is 5.10 Å². The molecular weight excluding hydrogens is 338 g/mol. The Balaban J connectivity index is 1.87. The molecule has 2 heterocycles. The van der Waals surface area contributed by atoms with Crippen LogP contribution in [-0.2, 0) is 19.7 Å². The number of aliphatic hydroxyl groups excluding tert-OH is 1. The SMILES string of the molecule is [C-]#[N+]c1c(C(C)(C)C)n[nH]c1/N=N/C1=C(O)OC2(CCCCC2)OC1=O. The average Bonchev–Trinajstić information content (AvgIpc) is 2.98. The van der Waals surface area contributed by atoms with E-state index in [0.29, 0.717) is 18.5 Å². The number of nitrogens with one attached hydrogen (secondary N) is 1. The van der Waals surface area contributed by atoms with E-state index in [4.69, 9.17) is 16.0 Å². The van der Waals surface area contributed by atoms with E-state index < -0.39 is 23.4 Å². The van der Waals surface area contributed by atoms with E-state index in [1.807, 2.05) is 20.8 Å². The maximum atomic E-state index is 12.3. The first-order valence-electron chi connectivity index (χ1n) is 8.49. The van der Waals surface area contributed by atoms with Crippen LogP contribution in [0.15, 0.2) is 21.9 Å². The molecule has 9 heteroatoms. The number of esters is 1. The van der Waals surface area contributed by atoms with Gasteiger partial charge in [0.05, 0.1) is 12.3 Å². The predicted molar refractivity (Wildman–Crippen MR) is 90.7 cm³/mol. The van der Waals surface area contributed by atoms with Crippen LogP contribution in [-0.4, -0.2) is 27.1 Å². The summed E-state index contributed by atoms with van der Waals surface area (Å²) in [6.07, 6.45) is 3.81. The Morgan fingerprint density at radius 2 is 1.92 bits per heavy atom. The first kappa shape index (κ1) is 17.9. The van der Waals surface area contributed by atoms with Crippen LogP contribution < -0.4 is 0 Å². The smallest absolute Gasteiger partial charge is 0.369 e. The van der Waals surface area contributed by atoms with Crippen molar-refractivity contribution in [2.75, 3.05) is 0 Å². The van der Waals surface area contributed by atoms with Crippen molar-refractivity contribution in [1.82, 2.24) is 10.2 Å². The Morgan fingerprint density at radius 3 is 2.50 bits per heavy atom. The molecule has 0 bridgehead atoms. The van der Waals surface area contributed by atoms with Crippen LogP contribution in [0.2, 0.25) is 0 Å². The summed E-state index contributed by atoms with van der Waals surface area (Å²) in [7, 11) is 0. The molecule has 2 aliphatic rings. The number of aliphatic hydroxyl groups is 1. The number of carbonyl (C=O) groups excluding carboxylic acids is 1. The van der Waals surface area contributed by atoms with Crippen LogP contribution in [0.5, 0.6) is 0 Å². The highest BCUT2D eigenvalue weighted by Crippen LogP contribution is 2.40. The van der Waals surface area contributed by atoms with Crippen LogP contribution in [0, 0.1) is 6.57 Å². The van der Waals surface area contributed by atoms with Crippen molar-refractivity contribution in [1.29, 1.82) is 0 Å². The topological polar surface area (TPSA) is 114 Å². The van der Waals surface area contributed by atoms with Crippen molar-refractivity contribution in [2.24, 2.45) is 10.2 Å². The Morgan fingerprint density at radius 1 is 1.23 bits per heavy atom. The third-order valence-electron chi connectivity index (χ3n) is 4.37. The maximum absolute atomic E-state index is 12.3. The zero-order chi connectivity index (χ0) is 18.9. The molecule has 138 valence electrons. The van der Waals surface area contributed by atoms with Crippen molar-refractivity contribution in [3.8, 4) is 0 Å². The number of hydrogen-bond acceptors (Lipinski definition) is 7. The molecule has 1 aromatic heterocycles. The number of aromatic amines is 1. The van der Waals surface area contributed by atoms with Crippen molar-refractivity contribution in [3.63, 3.8) is 0 Å². The lowest BCUT2D eigenvalue weighted by Crippen LogP contribution is -2.43. The average molecular weight is 359 g/mol. The molecule has 1 fully saturated rings. The Labute approximate surface area is 150 Å². The highest BCUT2D eigenvalue weighted by molar-refractivity contribution is 5.89. The molecule has 0 aromatic carbocycles. The lowest BCUT2D eigenvalue weighted by atomic mass is 9.91. The molecule has 0 amide bonds. The van der Waals surface area contributed by atoms with E-state index in [-0.39, 0.29) is 16.9 Å². The minimum Gasteiger partial charge on any atom is -0.479 e. The second-order valence-electron chi connectivity index (χ2n) is 7.45. The number of ether oxygens (including phenoxy) is 2. The molecule has 9 nitrogen and oxygen atoms in total. The molecule has 3 rings (SSSR count). The van der Waals surface area contributed by atoms with E-state index in [9.17, 15) is 9.90 Å². The highest BCUT2D eigenvalue weighted by atomic mass is 16.8. The normalized spacial score (nSPS) is 20.2.